The van der Waals surface area contributed by atoms with E-state index in [1.807, 2.05) is 57.2 Å². The predicted molar refractivity (Wildman–Crippen MR) is 134 cm³/mol. The Bertz CT molecular complexity index is 1010. The molecule has 2 aromatic rings. The van der Waals surface area contributed by atoms with Crippen LogP contribution in [0.5, 0.6) is 11.5 Å². The van der Waals surface area contributed by atoms with Crippen LogP contribution < -0.4 is 14.4 Å². The fourth-order valence-electron chi connectivity index (χ4n) is 4.32. The van der Waals surface area contributed by atoms with Gasteiger partial charge in [0.15, 0.2) is 11.5 Å². The molecule has 0 aliphatic carbocycles. The van der Waals surface area contributed by atoms with Crippen molar-refractivity contribution in [2.24, 2.45) is 5.92 Å². The maximum atomic E-state index is 13.4. The second-order valence-corrected chi connectivity index (χ2v) is 9.02. The van der Waals surface area contributed by atoms with Gasteiger partial charge in [0.25, 0.3) is 0 Å². The van der Waals surface area contributed by atoms with E-state index in [9.17, 15) is 9.59 Å². The fraction of sp³-hybridized carbons (Fsp3) is 0.481. The van der Waals surface area contributed by atoms with Gasteiger partial charge in [-0.15, -0.1) is 0 Å². The van der Waals surface area contributed by atoms with Crippen LogP contribution in [0.2, 0.25) is 0 Å². The van der Waals surface area contributed by atoms with Crippen molar-refractivity contribution in [2.75, 3.05) is 32.3 Å². The van der Waals surface area contributed by atoms with Crippen molar-refractivity contribution in [3.05, 3.63) is 53.6 Å². The zero-order valence-electron chi connectivity index (χ0n) is 21.4. The SMILES string of the molecule is CCOC(=O)N1c2cc(OC)c(OC)cc2[C@H](N(Cc2ccccc2)C(=O)OCC(C)C)C[C@@H]1C. The Balaban J connectivity index is 2.12. The Morgan fingerprint density at radius 2 is 1.71 bits per heavy atom. The molecule has 0 spiro atoms. The normalized spacial score (nSPS) is 16.9. The molecular weight excluding hydrogens is 448 g/mol. The van der Waals surface area contributed by atoms with Gasteiger partial charge in [-0.05, 0) is 37.8 Å². The average molecular weight is 485 g/mol. The number of amides is 2. The number of anilines is 1. The van der Waals surface area contributed by atoms with Gasteiger partial charge >= 0.3 is 12.2 Å². The lowest BCUT2D eigenvalue weighted by Crippen LogP contribution is -2.47. The van der Waals surface area contributed by atoms with Gasteiger partial charge in [0.2, 0.25) is 0 Å². The standard InChI is InChI=1S/C27H36N2O6/c1-7-34-27(31)29-19(4)13-22(21-14-24(32-5)25(33-6)15-23(21)29)28(26(30)35-17-18(2)3)16-20-11-9-8-10-12-20/h8-12,14-15,18-19,22H,7,13,16-17H2,1-6H3/t19-,22+/m0/s1. The van der Waals surface area contributed by atoms with Crippen LogP contribution in [0.3, 0.4) is 0 Å². The van der Waals surface area contributed by atoms with Crippen LogP contribution in [0, 0.1) is 5.92 Å². The molecule has 0 N–H and O–H groups in total. The van der Waals surface area contributed by atoms with E-state index in [1.54, 1.807) is 37.0 Å². The van der Waals surface area contributed by atoms with E-state index >= 15 is 0 Å². The lowest BCUT2D eigenvalue weighted by molar-refractivity contribution is 0.0690. The Kier molecular flexibility index (Phi) is 8.84. The van der Waals surface area contributed by atoms with Crippen molar-refractivity contribution in [1.82, 2.24) is 4.90 Å². The molecule has 0 radical (unpaired) electrons. The minimum absolute atomic E-state index is 0.207. The van der Waals surface area contributed by atoms with Crippen molar-refractivity contribution in [2.45, 2.75) is 52.7 Å². The highest BCUT2D eigenvalue weighted by Crippen LogP contribution is 2.46. The zero-order chi connectivity index (χ0) is 25.5. The number of hydrogen-bond donors (Lipinski definition) is 0. The first-order valence-electron chi connectivity index (χ1n) is 12.0. The number of nitrogens with zero attached hydrogens (tertiary/aromatic N) is 2. The van der Waals surface area contributed by atoms with Gasteiger partial charge in [-0.25, -0.2) is 9.59 Å². The van der Waals surface area contributed by atoms with E-state index in [2.05, 4.69) is 0 Å². The van der Waals surface area contributed by atoms with Crippen molar-refractivity contribution < 1.29 is 28.5 Å². The van der Waals surface area contributed by atoms with E-state index in [-0.39, 0.29) is 24.6 Å². The molecule has 1 heterocycles. The molecule has 0 bridgehead atoms. The van der Waals surface area contributed by atoms with Crippen molar-refractivity contribution in [1.29, 1.82) is 0 Å². The molecule has 2 amide bonds. The van der Waals surface area contributed by atoms with Crippen LogP contribution in [0.1, 0.15) is 51.3 Å². The largest absolute Gasteiger partial charge is 0.493 e. The molecule has 1 aliphatic heterocycles. The molecule has 0 saturated heterocycles. The summed E-state index contributed by atoms with van der Waals surface area (Å²) in [4.78, 5) is 29.7. The number of benzene rings is 2. The summed E-state index contributed by atoms with van der Waals surface area (Å²) in [6.07, 6.45) is -0.334. The van der Waals surface area contributed by atoms with Crippen LogP contribution in [0.15, 0.2) is 42.5 Å². The van der Waals surface area contributed by atoms with Crippen LogP contribution in [-0.2, 0) is 16.0 Å². The molecule has 2 aromatic carbocycles. The lowest BCUT2D eigenvalue weighted by Gasteiger charge is -2.42. The highest BCUT2D eigenvalue weighted by Gasteiger charge is 2.40. The molecule has 3 rings (SSSR count). The number of carbonyl (C=O) groups excluding carboxylic acids is 2. The van der Waals surface area contributed by atoms with Gasteiger partial charge in [0, 0.05) is 24.2 Å². The third-order valence-corrected chi connectivity index (χ3v) is 5.97. The lowest BCUT2D eigenvalue weighted by atomic mass is 9.90. The van der Waals surface area contributed by atoms with Crippen molar-refractivity contribution in [3.63, 3.8) is 0 Å². The van der Waals surface area contributed by atoms with Crippen LogP contribution in [0.25, 0.3) is 0 Å². The maximum absolute atomic E-state index is 13.4. The summed E-state index contributed by atoms with van der Waals surface area (Å²) >= 11 is 0. The third-order valence-electron chi connectivity index (χ3n) is 5.97. The highest BCUT2D eigenvalue weighted by molar-refractivity contribution is 5.91. The van der Waals surface area contributed by atoms with Crippen LogP contribution in [0.4, 0.5) is 15.3 Å². The highest BCUT2D eigenvalue weighted by atomic mass is 16.6. The average Bonchev–Trinajstić information content (AvgIpc) is 2.85. The minimum atomic E-state index is -0.441. The maximum Gasteiger partial charge on any atom is 0.414 e. The van der Waals surface area contributed by atoms with Crippen molar-refractivity contribution in [3.8, 4) is 11.5 Å². The minimum Gasteiger partial charge on any atom is -0.493 e. The van der Waals surface area contributed by atoms with Crippen LogP contribution in [-0.4, -0.2) is 50.6 Å². The second kappa shape index (κ2) is 11.8. The molecule has 8 nitrogen and oxygen atoms in total. The molecular formula is C27H36N2O6. The summed E-state index contributed by atoms with van der Waals surface area (Å²) in [7, 11) is 3.11. The summed E-state index contributed by atoms with van der Waals surface area (Å²) in [5.41, 5.74) is 2.38. The Hall–Kier alpha value is -3.42. The summed E-state index contributed by atoms with van der Waals surface area (Å²) in [5, 5.41) is 0. The van der Waals surface area contributed by atoms with Crippen molar-refractivity contribution >= 4 is 17.9 Å². The summed E-state index contributed by atoms with van der Waals surface area (Å²) in [6, 6.07) is 12.8. The Morgan fingerprint density at radius 3 is 2.31 bits per heavy atom. The summed E-state index contributed by atoms with van der Waals surface area (Å²) in [5.74, 6) is 1.22. The first-order valence-corrected chi connectivity index (χ1v) is 12.0. The molecule has 8 heteroatoms. The van der Waals surface area contributed by atoms with E-state index in [0.29, 0.717) is 36.8 Å². The van der Waals surface area contributed by atoms with Gasteiger partial charge in [-0.2, -0.15) is 0 Å². The van der Waals surface area contributed by atoms with Crippen LogP contribution >= 0.6 is 0 Å². The van der Waals surface area contributed by atoms with Gasteiger partial charge in [0.05, 0.1) is 39.2 Å². The first-order chi connectivity index (χ1) is 16.8. The molecule has 0 unspecified atom stereocenters. The molecule has 35 heavy (non-hydrogen) atoms. The Morgan fingerprint density at radius 1 is 1.06 bits per heavy atom. The summed E-state index contributed by atoms with van der Waals surface area (Å²) in [6.45, 7) is 8.67. The number of methoxy groups -OCH3 is 2. The van der Waals surface area contributed by atoms with E-state index in [4.69, 9.17) is 18.9 Å². The number of hydrogen-bond acceptors (Lipinski definition) is 6. The molecule has 1 aliphatic rings. The summed E-state index contributed by atoms with van der Waals surface area (Å²) < 4.78 is 22.1. The molecule has 0 fully saturated rings. The number of fused-ring (bicyclic) bond motifs is 1. The molecule has 190 valence electrons. The van der Waals surface area contributed by atoms with Gasteiger partial charge in [0.1, 0.15) is 0 Å². The predicted octanol–water partition coefficient (Wildman–Crippen LogP) is 5.79. The number of ether oxygens (including phenoxy) is 4. The van der Waals surface area contributed by atoms with Gasteiger partial charge in [-0.1, -0.05) is 44.2 Å². The topological polar surface area (TPSA) is 77.5 Å². The fourth-order valence-corrected chi connectivity index (χ4v) is 4.32. The zero-order valence-corrected chi connectivity index (χ0v) is 21.4. The quantitative estimate of drug-likeness (QED) is 0.472. The second-order valence-electron chi connectivity index (χ2n) is 9.02. The van der Waals surface area contributed by atoms with E-state index in [1.165, 1.54) is 0 Å². The first kappa shape index (κ1) is 26.2. The smallest absolute Gasteiger partial charge is 0.414 e. The van der Waals surface area contributed by atoms with E-state index < -0.39 is 12.2 Å². The van der Waals surface area contributed by atoms with E-state index in [0.717, 1.165) is 11.1 Å². The van der Waals surface area contributed by atoms with Gasteiger partial charge in [-0.3, -0.25) is 9.80 Å². The van der Waals surface area contributed by atoms with Gasteiger partial charge < -0.3 is 18.9 Å². The molecule has 2 atom stereocenters. The number of rotatable bonds is 8. The molecule has 0 aromatic heterocycles. The Labute approximate surface area is 207 Å². The number of carbonyl (C=O) groups is 2. The monoisotopic (exact) mass is 484 g/mol. The third kappa shape index (κ3) is 5.99. The molecule has 0 saturated carbocycles.